The van der Waals surface area contributed by atoms with Crippen molar-refractivity contribution in [2.75, 3.05) is 25.0 Å². The predicted octanol–water partition coefficient (Wildman–Crippen LogP) is 0.0874. The van der Waals surface area contributed by atoms with Crippen molar-refractivity contribution in [2.24, 2.45) is 10.1 Å². The number of amidine groups is 1. The van der Waals surface area contributed by atoms with E-state index in [0.717, 1.165) is 0 Å². The van der Waals surface area contributed by atoms with Crippen LogP contribution in [0.1, 0.15) is 5.56 Å². The van der Waals surface area contributed by atoms with Gasteiger partial charge in [-0.25, -0.2) is 0 Å². The number of hydrogen-bond acceptors (Lipinski definition) is 5. The lowest BCUT2D eigenvalue weighted by atomic mass is 10.1. The number of anilines is 1. The molecule has 0 saturated heterocycles. The number of nitrogens with two attached hydrogens (primary N) is 1. The standard InChI is InChI=1S/C10H13N3O4S/c1-16-5-6-17-8-4-2-3-7-9(8)10(11)13-18(14,15)12-7/h2-4,12H,5-6H2,1H3,(H2,11,13). The van der Waals surface area contributed by atoms with Gasteiger partial charge in [-0.05, 0) is 12.1 Å². The predicted molar refractivity (Wildman–Crippen MR) is 67.1 cm³/mol. The molecule has 0 fully saturated rings. The summed E-state index contributed by atoms with van der Waals surface area (Å²) in [6.07, 6.45) is 0. The highest BCUT2D eigenvalue weighted by molar-refractivity contribution is 7.91. The number of fused-ring (bicyclic) bond motifs is 1. The molecule has 0 spiro atoms. The smallest absolute Gasteiger partial charge is 0.344 e. The van der Waals surface area contributed by atoms with Crippen molar-refractivity contribution >= 4 is 21.7 Å². The average molecular weight is 271 g/mol. The van der Waals surface area contributed by atoms with Gasteiger partial charge in [0.05, 0.1) is 17.9 Å². The fourth-order valence-corrected chi connectivity index (χ4v) is 2.42. The number of nitrogens with one attached hydrogen (secondary N) is 1. The summed E-state index contributed by atoms with van der Waals surface area (Å²) < 4.78 is 38.7. The Labute approximate surface area is 105 Å². The Balaban J connectivity index is 2.36. The molecule has 1 aromatic rings. The summed E-state index contributed by atoms with van der Waals surface area (Å²) >= 11 is 0. The van der Waals surface area contributed by atoms with E-state index in [4.69, 9.17) is 15.2 Å². The molecule has 7 nitrogen and oxygen atoms in total. The van der Waals surface area contributed by atoms with Gasteiger partial charge in [-0.1, -0.05) is 6.07 Å². The lowest BCUT2D eigenvalue weighted by Crippen LogP contribution is -2.27. The van der Waals surface area contributed by atoms with Gasteiger partial charge in [0.1, 0.15) is 12.4 Å². The topological polar surface area (TPSA) is 103 Å². The van der Waals surface area contributed by atoms with Gasteiger partial charge in [0.2, 0.25) is 0 Å². The van der Waals surface area contributed by atoms with E-state index < -0.39 is 10.2 Å². The average Bonchev–Trinajstić information content (AvgIpc) is 2.27. The summed E-state index contributed by atoms with van der Waals surface area (Å²) in [4.78, 5) is 0. The van der Waals surface area contributed by atoms with Gasteiger partial charge in [-0.15, -0.1) is 4.40 Å². The molecule has 0 bridgehead atoms. The van der Waals surface area contributed by atoms with Gasteiger partial charge in [-0.2, -0.15) is 8.42 Å². The van der Waals surface area contributed by atoms with Gasteiger partial charge in [-0.3, -0.25) is 4.72 Å². The third-order valence-corrected chi connectivity index (χ3v) is 3.20. The number of ether oxygens (including phenoxy) is 2. The van der Waals surface area contributed by atoms with E-state index in [1.165, 1.54) is 0 Å². The molecule has 0 amide bonds. The zero-order valence-electron chi connectivity index (χ0n) is 9.71. The highest BCUT2D eigenvalue weighted by Gasteiger charge is 2.24. The zero-order chi connectivity index (χ0) is 13.2. The van der Waals surface area contributed by atoms with Crippen LogP contribution < -0.4 is 15.2 Å². The SMILES string of the molecule is COCCOc1cccc2c1C(N)=NS(=O)(=O)N2. The first-order chi connectivity index (χ1) is 8.53. The maximum absolute atomic E-state index is 11.4. The fraction of sp³-hybridized carbons (Fsp3) is 0.300. The Morgan fingerprint density at radius 3 is 2.89 bits per heavy atom. The van der Waals surface area contributed by atoms with Crippen LogP contribution in [0.2, 0.25) is 0 Å². The normalized spacial score (nSPS) is 16.4. The van der Waals surface area contributed by atoms with Crippen LogP contribution >= 0.6 is 0 Å². The molecule has 0 unspecified atom stereocenters. The second kappa shape index (κ2) is 4.83. The molecule has 2 rings (SSSR count). The molecule has 1 heterocycles. The Morgan fingerprint density at radius 2 is 2.17 bits per heavy atom. The maximum atomic E-state index is 11.4. The highest BCUT2D eigenvalue weighted by Crippen LogP contribution is 2.30. The van der Waals surface area contributed by atoms with Gasteiger partial charge in [0.15, 0.2) is 5.84 Å². The van der Waals surface area contributed by atoms with Crippen molar-refractivity contribution in [3.05, 3.63) is 23.8 Å². The minimum Gasteiger partial charge on any atom is -0.490 e. The molecule has 0 aromatic heterocycles. The molecule has 1 aliphatic rings. The Morgan fingerprint density at radius 1 is 1.39 bits per heavy atom. The number of hydrogen-bond donors (Lipinski definition) is 2. The second-order valence-corrected chi connectivity index (χ2v) is 4.91. The van der Waals surface area contributed by atoms with Crippen molar-refractivity contribution in [1.82, 2.24) is 0 Å². The van der Waals surface area contributed by atoms with Crippen LogP contribution in [-0.2, 0) is 14.9 Å². The van der Waals surface area contributed by atoms with E-state index in [0.29, 0.717) is 30.2 Å². The maximum Gasteiger partial charge on any atom is 0.344 e. The van der Waals surface area contributed by atoms with Gasteiger partial charge < -0.3 is 15.2 Å². The van der Waals surface area contributed by atoms with Crippen LogP contribution in [0.5, 0.6) is 5.75 Å². The summed E-state index contributed by atoms with van der Waals surface area (Å²) in [7, 11) is -2.19. The lowest BCUT2D eigenvalue weighted by molar-refractivity contribution is 0.146. The van der Waals surface area contributed by atoms with Crippen molar-refractivity contribution in [1.29, 1.82) is 0 Å². The first-order valence-electron chi connectivity index (χ1n) is 5.17. The molecule has 18 heavy (non-hydrogen) atoms. The first kappa shape index (κ1) is 12.7. The van der Waals surface area contributed by atoms with Crippen molar-refractivity contribution in [3.8, 4) is 5.75 Å². The minimum absolute atomic E-state index is 0.0863. The van der Waals surface area contributed by atoms with Crippen molar-refractivity contribution in [2.45, 2.75) is 0 Å². The van der Waals surface area contributed by atoms with Gasteiger partial charge >= 0.3 is 10.2 Å². The van der Waals surface area contributed by atoms with E-state index in [9.17, 15) is 8.42 Å². The molecule has 1 aromatic carbocycles. The number of rotatable bonds is 4. The summed E-state index contributed by atoms with van der Waals surface area (Å²) in [5, 5.41) is 0. The summed E-state index contributed by atoms with van der Waals surface area (Å²) in [5.74, 6) is 0.380. The van der Waals surface area contributed by atoms with Crippen molar-refractivity contribution in [3.63, 3.8) is 0 Å². The Kier molecular flexibility index (Phi) is 3.39. The van der Waals surface area contributed by atoms with Crippen LogP contribution in [0.4, 0.5) is 5.69 Å². The van der Waals surface area contributed by atoms with E-state index in [1.54, 1.807) is 25.3 Å². The number of benzene rings is 1. The summed E-state index contributed by atoms with van der Waals surface area (Å²) in [6, 6.07) is 4.95. The molecule has 8 heteroatoms. The Hall–Kier alpha value is -1.80. The van der Waals surface area contributed by atoms with Crippen LogP contribution in [-0.4, -0.2) is 34.6 Å². The van der Waals surface area contributed by atoms with E-state index in [-0.39, 0.29) is 5.84 Å². The quantitative estimate of drug-likeness (QED) is 0.755. The van der Waals surface area contributed by atoms with Crippen LogP contribution in [0.3, 0.4) is 0 Å². The molecule has 98 valence electrons. The highest BCUT2D eigenvalue weighted by atomic mass is 32.2. The fourth-order valence-electron chi connectivity index (χ4n) is 1.57. The zero-order valence-corrected chi connectivity index (χ0v) is 10.5. The number of methoxy groups -OCH3 is 1. The summed E-state index contributed by atoms with van der Waals surface area (Å²) in [5.41, 5.74) is 6.45. The lowest BCUT2D eigenvalue weighted by Gasteiger charge is -2.18. The largest absolute Gasteiger partial charge is 0.490 e. The molecular formula is C10H13N3O4S. The Bertz CT molecular complexity index is 583. The first-order valence-corrected chi connectivity index (χ1v) is 6.61. The van der Waals surface area contributed by atoms with E-state index in [1.807, 2.05) is 0 Å². The van der Waals surface area contributed by atoms with E-state index >= 15 is 0 Å². The summed E-state index contributed by atoms with van der Waals surface area (Å²) in [6.45, 7) is 0.763. The second-order valence-electron chi connectivity index (χ2n) is 3.57. The number of nitrogens with zero attached hydrogens (tertiary/aromatic N) is 1. The van der Waals surface area contributed by atoms with Gasteiger partial charge in [0, 0.05) is 7.11 Å². The molecule has 0 saturated carbocycles. The molecule has 0 radical (unpaired) electrons. The van der Waals surface area contributed by atoms with Gasteiger partial charge in [0.25, 0.3) is 0 Å². The molecule has 0 aliphatic carbocycles. The minimum atomic E-state index is -3.75. The monoisotopic (exact) mass is 271 g/mol. The molecule has 0 atom stereocenters. The molecule has 1 aliphatic heterocycles. The third kappa shape index (κ3) is 2.54. The van der Waals surface area contributed by atoms with Crippen molar-refractivity contribution < 1.29 is 17.9 Å². The van der Waals surface area contributed by atoms with Crippen LogP contribution in [0.25, 0.3) is 0 Å². The van der Waals surface area contributed by atoms with Crippen LogP contribution in [0.15, 0.2) is 22.6 Å². The van der Waals surface area contributed by atoms with Crippen LogP contribution in [0, 0.1) is 0 Å². The third-order valence-electron chi connectivity index (χ3n) is 2.28. The van der Waals surface area contributed by atoms with E-state index in [2.05, 4.69) is 9.12 Å². The molecular weight excluding hydrogens is 258 g/mol. The molecule has 3 N–H and O–H groups in total.